The van der Waals surface area contributed by atoms with Gasteiger partial charge in [-0.25, -0.2) is 0 Å². The van der Waals surface area contributed by atoms with Gasteiger partial charge in [0.05, 0.1) is 10.8 Å². The van der Waals surface area contributed by atoms with Crippen molar-refractivity contribution in [3.05, 3.63) is 40.7 Å². The molecule has 2 aromatic rings. The molecule has 2 aromatic heterocycles. The molecule has 4 heterocycles. The Balaban J connectivity index is 1.45. The second-order valence-corrected chi connectivity index (χ2v) is 7.62. The summed E-state index contributed by atoms with van der Waals surface area (Å²) in [5.74, 6) is 0.172. The van der Waals surface area contributed by atoms with Crippen LogP contribution in [-0.2, 0) is 11.3 Å². The number of nitrogens with zero attached hydrogens (tertiary/aromatic N) is 5. The number of likely N-dealkylation sites (tertiary alicyclic amines) is 2. The molecule has 2 aliphatic heterocycles. The molecule has 2 fully saturated rings. The zero-order chi connectivity index (χ0) is 17.4. The molecule has 2 amide bonds. The third kappa shape index (κ3) is 3.02. The fraction of sp³-hybridized carbons (Fsp3) is 0.471. The van der Waals surface area contributed by atoms with Crippen molar-refractivity contribution in [3.63, 3.8) is 0 Å². The van der Waals surface area contributed by atoms with E-state index >= 15 is 0 Å². The summed E-state index contributed by atoms with van der Waals surface area (Å²) in [6.07, 6.45) is 4.45. The second-order valence-electron chi connectivity index (χ2n) is 6.66. The molecule has 2 saturated heterocycles. The quantitative estimate of drug-likeness (QED) is 0.829. The van der Waals surface area contributed by atoms with E-state index in [1.54, 1.807) is 17.3 Å². The van der Waals surface area contributed by atoms with Gasteiger partial charge in [0.2, 0.25) is 5.91 Å². The first-order valence-corrected chi connectivity index (χ1v) is 9.16. The fourth-order valence-electron chi connectivity index (χ4n) is 3.72. The number of fused-ring (bicyclic) bond motifs is 1. The highest BCUT2D eigenvalue weighted by Crippen LogP contribution is 2.33. The summed E-state index contributed by atoms with van der Waals surface area (Å²) in [5.41, 5.74) is 1.45. The van der Waals surface area contributed by atoms with Crippen LogP contribution in [0.2, 0.25) is 0 Å². The van der Waals surface area contributed by atoms with E-state index in [4.69, 9.17) is 0 Å². The minimum absolute atomic E-state index is 0.104. The lowest BCUT2D eigenvalue weighted by molar-refractivity contribution is -0.140. The third-order valence-electron chi connectivity index (χ3n) is 5.08. The van der Waals surface area contributed by atoms with Gasteiger partial charge in [-0.15, -0.1) is 5.10 Å². The Kier molecular flexibility index (Phi) is 4.20. The van der Waals surface area contributed by atoms with E-state index in [-0.39, 0.29) is 23.7 Å². The molecule has 130 valence electrons. The molecule has 2 unspecified atom stereocenters. The number of carbonyl (C=O) groups excluding carboxylic acids is 2. The summed E-state index contributed by atoms with van der Waals surface area (Å²) in [6, 6.07) is 3.86. The van der Waals surface area contributed by atoms with E-state index < -0.39 is 0 Å². The minimum Gasteiger partial charge on any atom is -0.338 e. The predicted molar refractivity (Wildman–Crippen MR) is 91.8 cm³/mol. The van der Waals surface area contributed by atoms with Gasteiger partial charge >= 0.3 is 0 Å². The first-order chi connectivity index (χ1) is 12.1. The van der Waals surface area contributed by atoms with Crippen LogP contribution in [0.1, 0.15) is 27.3 Å². The Morgan fingerprint density at radius 2 is 2.28 bits per heavy atom. The molecule has 0 spiro atoms. The van der Waals surface area contributed by atoms with Gasteiger partial charge in [-0.2, -0.15) is 0 Å². The van der Waals surface area contributed by atoms with Crippen LogP contribution >= 0.6 is 11.5 Å². The highest BCUT2D eigenvalue weighted by Gasteiger charge is 2.44. The number of piperidine rings is 1. The number of aryl methyl sites for hydroxylation is 1. The van der Waals surface area contributed by atoms with Gasteiger partial charge in [0.25, 0.3) is 5.91 Å². The average molecular weight is 357 g/mol. The molecule has 7 nitrogen and oxygen atoms in total. The van der Waals surface area contributed by atoms with Crippen molar-refractivity contribution in [2.24, 2.45) is 11.8 Å². The summed E-state index contributed by atoms with van der Waals surface area (Å²) in [6.45, 7) is 4.27. The van der Waals surface area contributed by atoms with Gasteiger partial charge in [-0.1, -0.05) is 10.6 Å². The number of hydrogen-bond donors (Lipinski definition) is 0. The molecule has 0 bridgehead atoms. The molecular formula is C17H19N5O2S. The maximum atomic E-state index is 12.9. The second kappa shape index (κ2) is 6.51. The van der Waals surface area contributed by atoms with Crippen LogP contribution in [0, 0.1) is 18.8 Å². The largest absolute Gasteiger partial charge is 0.338 e. The normalized spacial score (nSPS) is 23.0. The number of amides is 2. The number of aromatic nitrogens is 3. The highest BCUT2D eigenvalue weighted by molar-refractivity contribution is 7.05. The summed E-state index contributed by atoms with van der Waals surface area (Å²) in [4.78, 5) is 34.1. The van der Waals surface area contributed by atoms with Gasteiger partial charge in [-0.05, 0) is 42.4 Å². The third-order valence-corrected chi connectivity index (χ3v) is 5.71. The van der Waals surface area contributed by atoms with Gasteiger partial charge < -0.3 is 9.80 Å². The number of pyridine rings is 1. The van der Waals surface area contributed by atoms with Crippen molar-refractivity contribution >= 4 is 23.3 Å². The van der Waals surface area contributed by atoms with Gasteiger partial charge in [0.1, 0.15) is 0 Å². The standard InChI is InChI=1S/C17H19N5O2S/c1-11-15(19-20-25-11)17(24)22-9-13-4-6-21(16(23)14(13)10-22)8-12-3-2-5-18-7-12/h2-3,5,7,13-14H,4,6,8-10H2,1H3. The minimum atomic E-state index is -0.110. The summed E-state index contributed by atoms with van der Waals surface area (Å²) in [7, 11) is 0. The molecule has 0 N–H and O–H groups in total. The molecule has 2 atom stereocenters. The van der Waals surface area contributed by atoms with E-state index in [1.165, 1.54) is 11.5 Å². The van der Waals surface area contributed by atoms with Crippen molar-refractivity contribution in [1.29, 1.82) is 0 Å². The summed E-state index contributed by atoms with van der Waals surface area (Å²) in [5, 5.41) is 3.94. The topological polar surface area (TPSA) is 79.3 Å². The predicted octanol–water partition coefficient (Wildman–Crippen LogP) is 1.36. The monoisotopic (exact) mass is 357 g/mol. The van der Waals surface area contributed by atoms with Crippen molar-refractivity contribution < 1.29 is 9.59 Å². The Morgan fingerprint density at radius 1 is 1.40 bits per heavy atom. The lowest BCUT2D eigenvalue weighted by atomic mass is 9.88. The van der Waals surface area contributed by atoms with E-state index in [2.05, 4.69) is 14.6 Å². The molecule has 0 aromatic carbocycles. The summed E-state index contributed by atoms with van der Waals surface area (Å²) >= 11 is 1.23. The molecule has 8 heteroatoms. The van der Waals surface area contributed by atoms with Crippen molar-refractivity contribution in [3.8, 4) is 0 Å². The van der Waals surface area contributed by atoms with E-state index in [1.807, 2.05) is 24.0 Å². The molecule has 0 saturated carbocycles. The average Bonchev–Trinajstić information content (AvgIpc) is 3.24. The molecular weight excluding hydrogens is 338 g/mol. The molecule has 2 aliphatic rings. The lowest BCUT2D eigenvalue weighted by Gasteiger charge is -2.33. The van der Waals surface area contributed by atoms with Gasteiger partial charge in [-0.3, -0.25) is 14.6 Å². The zero-order valence-electron chi connectivity index (χ0n) is 14.0. The van der Waals surface area contributed by atoms with Gasteiger partial charge in [0, 0.05) is 38.6 Å². The fourth-order valence-corrected chi connectivity index (χ4v) is 4.18. The SMILES string of the molecule is Cc1snnc1C(=O)N1CC2CCN(Cc3cccnc3)C(=O)C2C1. The number of hydrogen-bond acceptors (Lipinski definition) is 6. The van der Waals surface area contributed by atoms with Crippen molar-refractivity contribution in [2.45, 2.75) is 19.9 Å². The van der Waals surface area contributed by atoms with Crippen LogP contribution in [-0.4, -0.2) is 55.8 Å². The summed E-state index contributed by atoms with van der Waals surface area (Å²) < 4.78 is 3.84. The maximum Gasteiger partial charge on any atom is 0.275 e. The lowest BCUT2D eigenvalue weighted by Crippen LogP contribution is -2.44. The smallest absolute Gasteiger partial charge is 0.275 e. The van der Waals surface area contributed by atoms with E-state index in [9.17, 15) is 9.59 Å². The van der Waals surface area contributed by atoms with Gasteiger partial charge in [0.15, 0.2) is 5.69 Å². The first-order valence-electron chi connectivity index (χ1n) is 8.39. The van der Waals surface area contributed by atoms with E-state index in [0.717, 1.165) is 23.4 Å². The Hall–Kier alpha value is -2.35. The van der Waals surface area contributed by atoms with Crippen molar-refractivity contribution in [2.75, 3.05) is 19.6 Å². The Labute approximate surface area is 149 Å². The van der Waals surface area contributed by atoms with Crippen LogP contribution in [0.4, 0.5) is 0 Å². The van der Waals surface area contributed by atoms with E-state index in [0.29, 0.717) is 25.3 Å². The Bertz CT molecular complexity index is 793. The molecule has 0 radical (unpaired) electrons. The molecule has 0 aliphatic carbocycles. The van der Waals surface area contributed by atoms with Crippen LogP contribution in [0.25, 0.3) is 0 Å². The zero-order valence-corrected chi connectivity index (χ0v) is 14.8. The van der Waals surface area contributed by atoms with Crippen LogP contribution < -0.4 is 0 Å². The maximum absolute atomic E-state index is 12.9. The highest BCUT2D eigenvalue weighted by atomic mass is 32.1. The molecule has 4 rings (SSSR count). The Morgan fingerprint density at radius 3 is 3.00 bits per heavy atom. The number of rotatable bonds is 3. The van der Waals surface area contributed by atoms with Crippen LogP contribution in [0.5, 0.6) is 0 Å². The first kappa shape index (κ1) is 16.1. The van der Waals surface area contributed by atoms with Crippen LogP contribution in [0.3, 0.4) is 0 Å². The molecule has 25 heavy (non-hydrogen) atoms. The van der Waals surface area contributed by atoms with Crippen molar-refractivity contribution in [1.82, 2.24) is 24.4 Å². The van der Waals surface area contributed by atoms with Crippen LogP contribution in [0.15, 0.2) is 24.5 Å². The number of carbonyl (C=O) groups is 2.